The number of hydrogen-bond acceptors (Lipinski definition) is 3. The minimum absolute atomic E-state index is 0.0815. The summed E-state index contributed by atoms with van der Waals surface area (Å²) in [6.45, 7) is 7.33. The Labute approximate surface area is 158 Å². The minimum atomic E-state index is 0.0815. The molecule has 3 rings (SSSR count). The number of H-pyrrole nitrogens is 1. The standard InChI is InChI=1S/C20H26N4OS/c1-5-14-7-6-8-15-16(9-21-20(14)15)17-12-26-19(23-17)11-24(4)10-18(25)22-13(2)3/h6-9,12-13,21H,5,10-11H2,1-4H3,(H,22,25)/p+1. The molecule has 0 aliphatic heterocycles. The number of aryl methyl sites for hydroxylation is 1. The Kier molecular flexibility index (Phi) is 5.74. The highest BCUT2D eigenvalue weighted by atomic mass is 32.1. The van der Waals surface area contributed by atoms with E-state index in [0.717, 1.165) is 34.1 Å². The molecule has 0 saturated heterocycles. The third kappa shape index (κ3) is 4.14. The maximum Gasteiger partial charge on any atom is 0.275 e. The van der Waals surface area contributed by atoms with E-state index in [1.807, 2.05) is 20.9 Å². The number of nitrogens with zero attached hydrogens (tertiary/aromatic N) is 1. The summed E-state index contributed by atoms with van der Waals surface area (Å²) >= 11 is 1.66. The molecule has 0 radical (unpaired) electrons. The number of benzene rings is 1. The van der Waals surface area contributed by atoms with Gasteiger partial charge >= 0.3 is 0 Å². The van der Waals surface area contributed by atoms with Crippen molar-refractivity contribution in [3.63, 3.8) is 0 Å². The summed E-state index contributed by atoms with van der Waals surface area (Å²) in [4.78, 5) is 21.3. The number of rotatable bonds is 7. The molecule has 3 N–H and O–H groups in total. The number of hydrogen-bond donors (Lipinski definition) is 3. The molecule has 1 aromatic carbocycles. The Morgan fingerprint density at radius 3 is 2.92 bits per heavy atom. The van der Waals surface area contributed by atoms with Crippen molar-refractivity contribution in [2.75, 3.05) is 13.6 Å². The number of aromatic nitrogens is 2. The molecule has 0 aliphatic carbocycles. The van der Waals surface area contributed by atoms with E-state index in [0.29, 0.717) is 6.54 Å². The van der Waals surface area contributed by atoms with E-state index in [2.05, 4.69) is 47.0 Å². The van der Waals surface area contributed by atoms with E-state index in [1.54, 1.807) is 11.3 Å². The van der Waals surface area contributed by atoms with Gasteiger partial charge in [-0.1, -0.05) is 25.1 Å². The Morgan fingerprint density at radius 2 is 2.19 bits per heavy atom. The molecule has 1 unspecified atom stereocenters. The van der Waals surface area contributed by atoms with Crippen LogP contribution in [0.1, 0.15) is 31.3 Å². The maximum atomic E-state index is 11.9. The lowest BCUT2D eigenvalue weighted by molar-refractivity contribution is -0.885. The van der Waals surface area contributed by atoms with E-state index >= 15 is 0 Å². The fourth-order valence-electron chi connectivity index (χ4n) is 3.21. The van der Waals surface area contributed by atoms with Crippen LogP contribution in [0.3, 0.4) is 0 Å². The summed E-state index contributed by atoms with van der Waals surface area (Å²) < 4.78 is 0. The van der Waals surface area contributed by atoms with Crippen molar-refractivity contribution in [3.05, 3.63) is 40.3 Å². The van der Waals surface area contributed by atoms with E-state index in [-0.39, 0.29) is 11.9 Å². The number of carbonyl (C=O) groups is 1. The summed E-state index contributed by atoms with van der Waals surface area (Å²) in [5.74, 6) is 0.0815. The molecule has 0 fully saturated rings. The lowest BCUT2D eigenvalue weighted by atomic mass is 10.1. The lowest BCUT2D eigenvalue weighted by Crippen LogP contribution is -3.09. The molecule has 0 saturated carbocycles. The van der Waals surface area contributed by atoms with Crippen LogP contribution in [-0.4, -0.2) is 35.5 Å². The van der Waals surface area contributed by atoms with E-state index in [4.69, 9.17) is 4.98 Å². The fourth-order valence-corrected chi connectivity index (χ4v) is 4.12. The van der Waals surface area contributed by atoms with Gasteiger partial charge in [-0.15, -0.1) is 11.3 Å². The summed E-state index contributed by atoms with van der Waals surface area (Å²) in [6, 6.07) is 6.59. The zero-order chi connectivity index (χ0) is 18.7. The summed E-state index contributed by atoms with van der Waals surface area (Å²) in [5.41, 5.74) is 4.68. The van der Waals surface area contributed by atoms with Gasteiger partial charge in [-0.2, -0.15) is 0 Å². The van der Waals surface area contributed by atoms with Crippen molar-refractivity contribution in [1.29, 1.82) is 0 Å². The van der Waals surface area contributed by atoms with Crippen molar-refractivity contribution >= 4 is 28.1 Å². The number of nitrogens with one attached hydrogen (secondary N) is 3. The average molecular weight is 372 g/mol. The molecule has 2 aromatic heterocycles. The first-order valence-corrected chi connectivity index (χ1v) is 10.00. The van der Waals surface area contributed by atoms with Crippen LogP contribution in [0.2, 0.25) is 0 Å². The molecule has 3 aromatic rings. The Balaban J connectivity index is 1.73. The fraction of sp³-hybridized carbons (Fsp3) is 0.400. The van der Waals surface area contributed by atoms with Gasteiger partial charge in [0.05, 0.1) is 12.7 Å². The van der Waals surface area contributed by atoms with Crippen LogP contribution >= 0.6 is 11.3 Å². The molecule has 138 valence electrons. The van der Waals surface area contributed by atoms with Gasteiger partial charge in [-0.25, -0.2) is 4.98 Å². The van der Waals surface area contributed by atoms with E-state index in [9.17, 15) is 4.79 Å². The normalized spacial score (nSPS) is 12.7. The number of amides is 1. The second-order valence-electron chi connectivity index (χ2n) is 7.05. The second kappa shape index (κ2) is 8.01. The predicted octanol–water partition coefficient (Wildman–Crippen LogP) is 2.39. The Hall–Kier alpha value is -2.18. The Morgan fingerprint density at radius 1 is 1.38 bits per heavy atom. The molecule has 0 spiro atoms. The zero-order valence-electron chi connectivity index (χ0n) is 15.8. The van der Waals surface area contributed by atoms with E-state index in [1.165, 1.54) is 16.5 Å². The topological polar surface area (TPSA) is 62.2 Å². The van der Waals surface area contributed by atoms with Crippen molar-refractivity contribution in [2.24, 2.45) is 0 Å². The largest absolute Gasteiger partial charge is 0.360 e. The van der Waals surface area contributed by atoms with Crippen LogP contribution in [0, 0.1) is 0 Å². The minimum Gasteiger partial charge on any atom is -0.360 e. The van der Waals surface area contributed by atoms with Crippen molar-refractivity contribution in [3.8, 4) is 11.3 Å². The molecule has 5 nitrogen and oxygen atoms in total. The van der Waals surface area contributed by atoms with Crippen LogP contribution in [0.25, 0.3) is 22.2 Å². The Bertz CT molecular complexity index is 896. The number of quaternary nitrogens is 1. The molecular weight excluding hydrogens is 344 g/mol. The molecule has 0 aliphatic rings. The van der Waals surface area contributed by atoms with Crippen molar-refractivity contribution < 1.29 is 9.69 Å². The van der Waals surface area contributed by atoms with Crippen LogP contribution in [0.5, 0.6) is 0 Å². The maximum absolute atomic E-state index is 11.9. The smallest absolute Gasteiger partial charge is 0.275 e. The van der Waals surface area contributed by atoms with Crippen LogP contribution in [0.4, 0.5) is 0 Å². The van der Waals surface area contributed by atoms with Gasteiger partial charge in [-0.3, -0.25) is 4.79 Å². The third-order valence-electron chi connectivity index (χ3n) is 4.38. The first-order chi connectivity index (χ1) is 12.5. The predicted molar refractivity (Wildman–Crippen MR) is 108 cm³/mol. The lowest BCUT2D eigenvalue weighted by Gasteiger charge is -2.13. The quantitative estimate of drug-likeness (QED) is 0.597. The molecule has 0 bridgehead atoms. The highest BCUT2D eigenvalue weighted by Crippen LogP contribution is 2.31. The average Bonchev–Trinajstić information content (AvgIpc) is 3.19. The summed E-state index contributed by atoms with van der Waals surface area (Å²) in [6.07, 6.45) is 3.06. The van der Waals surface area contributed by atoms with Gasteiger partial charge in [0.15, 0.2) is 6.54 Å². The highest BCUT2D eigenvalue weighted by molar-refractivity contribution is 7.09. The number of aromatic amines is 1. The number of carbonyl (C=O) groups excluding carboxylic acids is 1. The molecule has 26 heavy (non-hydrogen) atoms. The van der Waals surface area contributed by atoms with Gasteiger partial charge in [0.2, 0.25) is 0 Å². The van der Waals surface area contributed by atoms with E-state index < -0.39 is 0 Å². The summed E-state index contributed by atoms with van der Waals surface area (Å²) in [7, 11) is 2.03. The summed E-state index contributed by atoms with van der Waals surface area (Å²) in [5, 5.41) is 7.32. The number of para-hydroxylation sites is 1. The van der Waals surface area contributed by atoms with Gasteiger partial charge in [0.1, 0.15) is 11.6 Å². The number of likely N-dealkylation sites (N-methyl/N-ethyl adjacent to an activating group) is 1. The molecular formula is C20H27N4OS+. The number of thiazole rings is 1. The van der Waals surface area contributed by atoms with Gasteiger partial charge in [0, 0.05) is 34.1 Å². The van der Waals surface area contributed by atoms with Crippen LogP contribution in [0.15, 0.2) is 29.8 Å². The first kappa shape index (κ1) is 18.6. The van der Waals surface area contributed by atoms with Crippen LogP contribution < -0.4 is 10.2 Å². The zero-order valence-corrected chi connectivity index (χ0v) is 16.7. The highest BCUT2D eigenvalue weighted by Gasteiger charge is 2.15. The van der Waals surface area contributed by atoms with Gasteiger partial charge < -0.3 is 15.2 Å². The molecule has 6 heteroatoms. The molecule has 2 heterocycles. The second-order valence-corrected chi connectivity index (χ2v) is 8.00. The van der Waals surface area contributed by atoms with Gasteiger partial charge in [-0.05, 0) is 25.8 Å². The number of fused-ring (bicyclic) bond motifs is 1. The van der Waals surface area contributed by atoms with Crippen molar-refractivity contribution in [2.45, 2.75) is 39.8 Å². The van der Waals surface area contributed by atoms with Gasteiger partial charge in [0.25, 0.3) is 5.91 Å². The monoisotopic (exact) mass is 371 g/mol. The third-order valence-corrected chi connectivity index (χ3v) is 5.22. The van der Waals surface area contributed by atoms with Crippen molar-refractivity contribution in [1.82, 2.24) is 15.3 Å². The van der Waals surface area contributed by atoms with Crippen LogP contribution in [-0.2, 0) is 17.8 Å². The molecule has 1 amide bonds. The SMILES string of the molecule is CCc1cccc2c(-c3csc(C[NH+](C)CC(=O)NC(C)C)n3)c[nH]c12. The molecule has 1 atom stereocenters. The first-order valence-electron chi connectivity index (χ1n) is 9.12.